The van der Waals surface area contributed by atoms with Crippen LogP contribution in [0.5, 0.6) is 0 Å². The van der Waals surface area contributed by atoms with Gasteiger partial charge < -0.3 is 4.74 Å². The molecule has 0 unspecified atom stereocenters. The number of carbonyl (C=O) groups is 1. The van der Waals surface area contributed by atoms with E-state index >= 15 is 0 Å². The van der Waals surface area contributed by atoms with Crippen molar-refractivity contribution < 1.29 is 9.53 Å². The lowest BCUT2D eigenvalue weighted by atomic mass is 10.1. The lowest BCUT2D eigenvalue weighted by Crippen LogP contribution is -2.10. The molecule has 1 aromatic carbocycles. The average molecular weight is 247 g/mol. The lowest BCUT2D eigenvalue weighted by molar-refractivity contribution is 0.0761. The van der Waals surface area contributed by atoms with Crippen LogP contribution in [0.25, 0.3) is 0 Å². The van der Waals surface area contributed by atoms with Crippen molar-refractivity contribution in [3.05, 3.63) is 33.8 Å². The fraction of sp³-hybridized carbons (Fsp3) is 0.364. The maximum absolute atomic E-state index is 11.7. The van der Waals surface area contributed by atoms with Gasteiger partial charge in [0.1, 0.15) is 6.61 Å². The van der Waals surface area contributed by atoms with Crippen LogP contribution >= 0.6 is 23.2 Å². The van der Waals surface area contributed by atoms with Gasteiger partial charge in [-0.15, -0.1) is 0 Å². The first-order valence-electron chi connectivity index (χ1n) is 4.71. The first-order valence-corrected chi connectivity index (χ1v) is 5.47. The van der Waals surface area contributed by atoms with Crippen molar-refractivity contribution in [2.75, 3.05) is 13.2 Å². The molecule has 0 amide bonds. The van der Waals surface area contributed by atoms with Crippen LogP contribution in [-0.2, 0) is 4.74 Å². The van der Waals surface area contributed by atoms with Crippen molar-refractivity contribution in [2.24, 2.45) is 0 Å². The Labute approximate surface area is 99.1 Å². The monoisotopic (exact) mass is 246 g/mol. The zero-order chi connectivity index (χ0) is 11.3. The molecule has 0 atom stereocenters. The summed E-state index contributed by atoms with van der Waals surface area (Å²) in [6, 6.07) is 4.98. The second-order valence-electron chi connectivity index (χ2n) is 3.07. The number of ether oxygens (including phenoxy) is 1. The molecule has 0 aliphatic rings. The van der Waals surface area contributed by atoms with Crippen molar-refractivity contribution in [3.8, 4) is 0 Å². The van der Waals surface area contributed by atoms with Crippen LogP contribution in [0, 0.1) is 0 Å². The summed E-state index contributed by atoms with van der Waals surface area (Å²) in [5.41, 5.74) is 0.344. The zero-order valence-corrected chi connectivity index (χ0v) is 9.94. The summed E-state index contributed by atoms with van der Waals surface area (Å²) >= 11 is 11.8. The number of hydrogen-bond acceptors (Lipinski definition) is 2. The van der Waals surface area contributed by atoms with Gasteiger partial charge in [-0.25, -0.2) is 0 Å². The molecule has 0 radical (unpaired) electrons. The minimum absolute atomic E-state index is 0.0251. The van der Waals surface area contributed by atoms with Crippen LogP contribution in [-0.4, -0.2) is 19.0 Å². The Morgan fingerprint density at radius 3 is 2.47 bits per heavy atom. The Kier molecular flexibility index (Phi) is 5.09. The first kappa shape index (κ1) is 12.5. The van der Waals surface area contributed by atoms with E-state index < -0.39 is 0 Å². The second-order valence-corrected chi connectivity index (χ2v) is 3.89. The molecular formula is C11H12Cl2O2. The van der Waals surface area contributed by atoms with Gasteiger partial charge in [0, 0.05) is 6.61 Å². The third-order valence-corrected chi connectivity index (χ3v) is 2.45. The van der Waals surface area contributed by atoms with Gasteiger partial charge >= 0.3 is 0 Å². The van der Waals surface area contributed by atoms with Gasteiger partial charge in [0.25, 0.3) is 0 Å². The predicted molar refractivity (Wildman–Crippen MR) is 61.9 cm³/mol. The molecular weight excluding hydrogens is 235 g/mol. The van der Waals surface area contributed by atoms with E-state index in [2.05, 4.69) is 0 Å². The maximum atomic E-state index is 11.7. The normalized spacial score (nSPS) is 10.3. The summed E-state index contributed by atoms with van der Waals surface area (Å²) < 4.78 is 5.14. The summed E-state index contributed by atoms with van der Waals surface area (Å²) in [5, 5.41) is 0.736. The molecule has 0 aliphatic carbocycles. The van der Waals surface area contributed by atoms with Crippen molar-refractivity contribution in [1.82, 2.24) is 0 Å². The Bertz CT molecular complexity index is 330. The molecule has 1 rings (SSSR count). The average Bonchev–Trinajstić information content (AvgIpc) is 2.18. The highest BCUT2D eigenvalue weighted by atomic mass is 35.5. The van der Waals surface area contributed by atoms with Crippen LogP contribution in [0.1, 0.15) is 23.7 Å². The van der Waals surface area contributed by atoms with Gasteiger partial charge in [-0.2, -0.15) is 0 Å². The molecule has 0 N–H and O–H groups in total. The van der Waals surface area contributed by atoms with Gasteiger partial charge in [0.15, 0.2) is 5.78 Å². The van der Waals surface area contributed by atoms with E-state index in [1.54, 1.807) is 18.2 Å². The quantitative estimate of drug-likeness (QED) is 0.587. The van der Waals surface area contributed by atoms with E-state index in [4.69, 9.17) is 27.9 Å². The number of rotatable bonds is 5. The van der Waals surface area contributed by atoms with Crippen molar-refractivity contribution in [1.29, 1.82) is 0 Å². The minimum Gasteiger partial charge on any atom is -0.373 e. The Balaban J connectivity index is 2.73. The first-order chi connectivity index (χ1) is 7.16. The molecule has 15 heavy (non-hydrogen) atoms. The topological polar surface area (TPSA) is 26.3 Å². The van der Waals surface area contributed by atoms with E-state index in [9.17, 15) is 4.79 Å². The number of ketones is 1. The van der Waals surface area contributed by atoms with Gasteiger partial charge in [-0.1, -0.05) is 36.2 Å². The molecule has 0 spiro atoms. The molecule has 1 aromatic rings. The third-order valence-electron chi connectivity index (χ3n) is 1.82. The summed E-state index contributed by atoms with van der Waals surface area (Å²) in [7, 11) is 0. The highest BCUT2D eigenvalue weighted by Gasteiger charge is 2.13. The van der Waals surface area contributed by atoms with E-state index in [1.807, 2.05) is 6.92 Å². The van der Waals surface area contributed by atoms with E-state index in [0.29, 0.717) is 22.2 Å². The number of hydrogen-bond donors (Lipinski definition) is 0. The van der Waals surface area contributed by atoms with Crippen LogP contribution < -0.4 is 0 Å². The Morgan fingerprint density at radius 1 is 1.33 bits per heavy atom. The smallest absolute Gasteiger partial charge is 0.191 e. The van der Waals surface area contributed by atoms with E-state index in [1.165, 1.54) is 0 Å². The molecule has 0 saturated carbocycles. The molecule has 0 aliphatic heterocycles. The van der Waals surface area contributed by atoms with Crippen molar-refractivity contribution >= 4 is 29.0 Å². The standard InChI is InChI=1S/C11H12Cl2O2/c1-2-6-15-7-10(14)11-8(12)4-3-5-9(11)13/h3-5H,2,6-7H2,1H3. The molecule has 82 valence electrons. The summed E-state index contributed by atoms with van der Waals surface area (Å²) in [5.74, 6) is -0.181. The van der Waals surface area contributed by atoms with Crippen LogP contribution in [0.3, 0.4) is 0 Å². The maximum Gasteiger partial charge on any atom is 0.191 e. The molecule has 0 heterocycles. The number of halogens is 2. The Hall–Kier alpha value is -0.570. The van der Waals surface area contributed by atoms with Crippen molar-refractivity contribution in [3.63, 3.8) is 0 Å². The predicted octanol–water partition coefficient (Wildman–Crippen LogP) is 3.60. The molecule has 4 heteroatoms. The Morgan fingerprint density at radius 2 is 1.93 bits per heavy atom. The molecule has 0 saturated heterocycles. The summed E-state index contributed by atoms with van der Waals surface area (Å²) in [6.45, 7) is 2.57. The van der Waals surface area contributed by atoms with Crippen molar-refractivity contribution in [2.45, 2.75) is 13.3 Å². The fourth-order valence-electron chi connectivity index (χ4n) is 1.15. The minimum atomic E-state index is -0.181. The third kappa shape index (κ3) is 3.49. The van der Waals surface area contributed by atoms with E-state index in [-0.39, 0.29) is 12.4 Å². The highest BCUT2D eigenvalue weighted by Crippen LogP contribution is 2.24. The largest absolute Gasteiger partial charge is 0.373 e. The molecule has 0 fully saturated rings. The number of benzene rings is 1. The zero-order valence-electron chi connectivity index (χ0n) is 8.43. The SMILES string of the molecule is CCCOCC(=O)c1c(Cl)cccc1Cl. The highest BCUT2D eigenvalue weighted by molar-refractivity contribution is 6.39. The van der Waals surface area contributed by atoms with Crippen LogP contribution in [0.2, 0.25) is 10.0 Å². The number of Topliss-reactive ketones (excluding diaryl/α,β-unsaturated/α-hetero) is 1. The van der Waals surface area contributed by atoms with Crippen LogP contribution in [0.4, 0.5) is 0 Å². The van der Waals surface area contributed by atoms with Gasteiger partial charge in [0.2, 0.25) is 0 Å². The van der Waals surface area contributed by atoms with Gasteiger partial charge in [-0.05, 0) is 18.6 Å². The lowest BCUT2D eigenvalue weighted by Gasteiger charge is -2.05. The molecule has 2 nitrogen and oxygen atoms in total. The summed E-state index contributed by atoms with van der Waals surface area (Å²) in [6.07, 6.45) is 0.879. The molecule has 0 bridgehead atoms. The van der Waals surface area contributed by atoms with Crippen LogP contribution in [0.15, 0.2) is 18.2 Å². The summed E-state index contributed by atoms with van der Waals surface area (Å²) in [4.78, 5) is 11.7. The van der Waals surface area contributed by atoms with Gasteiger partial charge in [0.05, 0.1) is 15.6 Å². The second kappa shape index (κ2) is 6.11. The number of carbonyl (C=O) groups excluding carboxylic acids is 1. The van der Waals surface area contributed by atoms with Gasteiger partial charge in [-0.3, -0.25) is 4.79 Å². The fourth-order valence-corrected chi connectivity index (χ4v) is 1.75. The van der Waals surface area contributed by atoms with E-state index in [0.717, 1.165) is 6.42 Å². The molecule has 0 aromatic heterocycles.